The summed E-state index contributed by atoms with van der Waals surface area (Å²) >= 11 is 0. The van der Waals surface area contributed by atoms with E-state index in [-0.39, 0.29) is 12.0 Å². The van der Waals surface area contributed by atoms with Gasteiger partial charge in [-0.2, -0.15) is 5.26 Å². The molecule has 1 N–H and O–H groups in total. The minimum absolute atomic E-state index is 0.0403. The van der Waals surface area contributed by atoms with Crippen molar-refractivity contribution in [1.29, 1.82) is 5.26 Å². The first-order chi connectivity index (χ1) is 9.21. The molecule has 0 saturated carbocycles. The highest BCUT2D eigenvalue weighted by Gasteiger charge is 2.23. The van der Waals surface area contributed by atoms with Gasteiger partial charge in [-0.3, -0.25) is 9.69 Å². The first kappa shape index (κ1) is 13.5. The lowest BCUT2D eigenvalue weighted by atomic mass is 10.2. The number of amides is 1. The molecule has 100 valence electrons. The van der Waals surface area contributed by atoms with Gasteiger partial charge in [0.1, 0.15) is 0 Å². The monoisotopic (exact) mass is 259 g/mol. The highest BCUT2D eigenvalue weighted by molar-refractivity contribution is 5.92. The maximum Gasteiger partial charge on any atom is 0.238 e. The average Bonchev–Trinajstić information content (AvgIpc) is 2.87. The van der Waals surface area contributed by atoms with Gasteiger partial charge in [-0.1, -0.05) is 0 Å². The summed E-state index contributed by atoms with van der Waals surface area (Å²) < 4.78 is 5.26. The molecular formula is C14H17N3O2. The molecule has 1 aromatic carbocycles. The van der Waals surface area contributed by atoms with E-state index in [2.05, 4.69) is 10.2 Å². The summed E-state index contributed by atoms with van der Waals surface area (Å²) in [5, 5.41) is 11.5. The topological polar surface area (TPSA) is 65.4 Å². The van der Waals surface area contributed by atoms with Crippen LogP contribution in [0.2, 0.25) is 0 Å². The van der Waals surface area contributed by atoms with Crippen molar-refractivity contribution >= 4 is 11.6 Å². The zero-order chi connectivity index (χ0) is 13.7. The Bertz CT molecular complexity index is 478. The zero-order valence-corrected chi connectivity index (χ0v) is 10.9. The molecule has 1 amide bonds. The third-order valence-corrected chi connectivity index (χ3v) is 3.23. The standard InChI is InChI=1S/C14H17N3O2/c1-19-13-6-7-17(9-13)10-14(18)16-12-4-2-11(8-15)3-5-12/h2-5,13H,6-7,9-10H2,1H3,(H,16,18). The molecule has 19 heavy (non-hydrogen) atoms. The fourth-order valence-electron chi connectivity index (χ4n) is 2.16. The van der Waals surface area contributed by atoms with Crippen LogP contribution in [-0.4, -0.2) is 43.7 Å². The number of ether oxygens (including phenoxy) is 1. The van der Waals surface area contributed by atoms with Crippen molar-refractivity contribution in [2.24, 2.45) is 0 Å². The first-order valence-corrected chi connectivity index (χ1v) is 6.26. The van der Waals surface area contributed by atoms with Gasteiger partial charge in [-0.15, -0.1) is 0 Å². The molecule has 0 aliphatic carbocycles. The van der Waals surface area contributed by atoms with Crippen LogP contribution < -0.4 is 5.32 Å². The molecule has 5 nitrogen and oxygen atoms in total. The predicted molar refractivity (Wildman–Crippen MR) is 71.6 cm³/mol. The fraction of sp³-hybridized carbons (Fsp3) is 0.429. The quantitative estimate of drug-likeness (QED) is 0.883. The van der Waals surface area contributed by atoms with Gasteiger partial charge in [0.2, 0.25) is 5.91 Å². The Morgan fingerprint density at radius 1 is 1.53 bits per heavy atom. The molecule has 0 spiro atoms. The van der Waals surface area contributed by atoms with E-state index < -0.39 is 0 Å². The number of nitrogens with zero attached hydrogens (tertiary/aromatic N) is 2. The van der Waals surface area contributed by atoms with E-state index in [9.17, 15) is 4.79 Å². The molecule has 1 unspecified atom stereocenters. The van der Waals surface area contributed by atoms with Crippen LogP contribution in [0.5, 0.6) is 0 Å². The van der Waals surface area contributed by atoms with Crippen molar-refractivity contribution in [2.45, 2.75) is 12.5 Å². The van der Waals surface area contributed by atoms with E-state index in [0.29, 0.717) is 17.8 Å². The Morgan fingerprint density at radius 2 is 2.26 bits per heavy atom. The number of hydrogen-bond donors (Lipinski definition) is 1. The normalized spacial score (nSPS) is 19.1. The highest BCUT2D eigenvalue weighted by atomic mass is 16.5. The van der Waals surface area contributed by atoms with Crippen LogP contribution in [0, 0.1) is 11.3 Å². The zero-order valence-electron chi connectivity index (χ0n) is 10.9. The van der Waals surface area contributed by atoms with Crippen molar-refractivity contribution in [2.75, 3.05) is 32.1 Å². The minimum atomic E-state index is -0.0403. The fourth-order valence-corrected chi connectivity index (χ4v) is 2.16. The molecule has 1 fully saturated rings. The summed E-state index contributed by atoms with van der Waals surface area (Å²) in [6, 6.07) is 8.89. The van der Waals surface area contributed by atoms with Crippen molar-refractivity contribution in [3.05, 3.63) is 29.8 Å². The molecule has 5 heteroatoms. The summed E-state index contributed by atoms with van der Waals surface area (Å²) in [5.74, 6) is -0.0403. The molecule has 0 radical (unpaired) electrons. The Kier molecular flexibility index (Phi) is 4.50. The van der Waals surface area contributed by atoms with Crippen LogP contribution in [0.15, 0.2) is 24.3 Å². The lowest BCUT2D eigenvalue weighted by Crippen LogP contribution is -2.32. The Labute approximate surface area is 112 Å². The lowest BCUT2D eigenvalue weighted by Gasteiger charge is -2.15. The largest absolute Gasteiger partial charge is 0.380 e. The van der Waals surface area contributed by atoms with Gasteiger partial charge < -0.3 is 10.1 Å². The second-order valence-electron chi connectivity index (χ2n) is 4.62. The van der Waals surface area contributed by atoms with Gasteiger partial charge in [0.05, 0.1) is 24.3 Å². The summed E-state index contributed by atoms with van der Waals surface area (Å²) in [6.45, 7) is 2.07. The van der Waals surface area contributed by atoms with E-state index in [0.717, 1.165) is 19.5 Å². The van der Waals surface area contributed by atoms with Gasteiger partial charge in [-0.25, -0.2) is 0 Å². The number of methoxy groups -OCH3 is 1. The molecule has 2 rings (SSSR count). The lowest BCUT2D eigenvalue weighted by molar-refractivity contribution is -0.117. The number of hydrogen-bond acceptors (Lipinski definition) is 4. The van der Waals surface area contributed by atoms with Gasteiger partial charge in [0.15, 0.2) is 0 Å². The number of carbonyl (C=O) groups is 1. The third kappa shape index (κ3) is 3.78. The third-order valence-electron chi connectivity index (χ3n) is 3.23. The molecular weight excluding hydrogens is 242 g/mol. The van der Waals surface area contributed by atoms with Crippen LogP contribution in [0.3, 0.4) is 0 Å². The molecule has 1 saturated heterocycles. The summed E-state index contributed by atoms with van der Waals surface area (Å²) in [4.78, 5) is 13.9. The van der Waals surface area contributed by atoms with Gasteiger partial charge in [-0.05, 0) is 30.7 Å². The van der Waals surface area contributed by atoms with E-state index in [1.807, 2.05) is 6.07 Å². The number of nitriles is 1. The second-order valence-corrected chi connectivity index (χ2v) is 4.62. The van der Waals surface area contributed by atoms with Crippen LogP contribution in [-0.2, 0) is 9.53 Å². The van der Waals surface area contributed by atoms with Gasteiger partial charge in [0.25, 0.3) is 0 Å². The number of benzene rings is 1. The smallest absolute Gasteiger partial charge is 0.238 e. The summed E-state index contributed by atoms with van der Waals surface area (Å²) in [7, 11) is 1.70. The summed E-state index contributed by atoms with van der Waals surface area (Å²) in [6.07, 6.45) is 1.21. The minimum Gasteiger partial charge on any atom is -0.380 e. The maximum atomic E-state index is 11.9. The summed E-state index contributed by atoms with van der Waals surface area (Å²) in [5.41, 5.74) is 1.30. The Morgan fingerprint density at radius 3 is 2.84 bits per heavy atom. The van der Waals surface area contributed by atoms with E-state index in [1.54, 1.807) is 31.4 Å². The molecule has 0 aromatic heterocycles. The molecule has 1 aliphatic heterocycles. The average molecular weight is 259 g/mol. The van der Waals surface area contributed by atoms with E-state index in [4.69, 9.17) is 10.00 Å². The number of carbonyl (C=O) groups excluding carboxylic acids is 1. The second kappa shape index (κ2) is 6.32. The number of anilines is 1. The van der Waals surface area contributed by atoms with Gasteiger partial charge in [0, 0.05) is 25.9 Å². The molecule has 0 bridgehead atoms. The number of likely N-dealkylation sites (tertiary alicyclic amines) is 1. The van der Waals surface area contributed by atoms with E-state index in [1.165, 1.54) is 0 Å². The van der Waals surface area contributed by atoms with Crippen molar-refractivity contribution in [1.82, 2.24) is 4.90 Å². The highest BCUT2D eigenvalue weighted by Crippen LogP contribution is 2.12. The predicted octanol–water partition coefficient (Wildman–Crippen LogP) is 1.22. The molecule has 1 aromatic rings. The molecule has 1 heterocycles. The number of nitrogens with one attached hydrogen (secondary N) is 1. The van der Waals surface area contributed by atoms with Crippen LogP contribution in [0.1, 0.15) is 12.0 Å². The van der Waals surface area contributed by atoms with Crippen LogP contribution >= 0.6 is 0 Å². The van der Waals surface area contributed by atoms with Gasteiger partial charge >= 0.3 is 0 Å². The van der Waals surface area contributed by atoms with Crippen molar-refractivity contribution in [3.8, 4) is 6.07 Å². The van der Waals surface area contributed by atoms with Crippen molar-refractivity contribution in [3.63, 3.8) is 0 Å². The number of rotatable bonds is 4. The van der Waals surface area contributed by atoms with Crippen LogP contribution in [0.4, 0.5) is 5.69 Å². The van der Waals surface area contributed by atoms with Crippen molar-refractivity contribution < 1.29 is 9.53 Å². The van der Waals surface area contributed by atoms with Crippen LogP contribution in [0.25, 0.3) is 0 Å². The Balaban J connectivity index is 1.82. The first-order valence-electron chi connectivity index (χ1n) is 6.26. The Hall–Kier alpha value is -1.90. The molecule has 1 aliphatic rings. The SMILES string of the molecule is COC1CCN(CC(=O)Nc2ccc(C#N)cc2)C1. The molecule has 1 atom stereocenters. The van der Waals surface area contributed by atoms with E-state index >= 15 is 0 Å². The maximum absolute atomic E-state index is 11.9.